The minimum absolute atomic E-state index is 0.108. The van der Waals surface area contributed by atoms with Gasteiger partial charge in [0.25, 0.3) is 0 Å². The number of nitrogens with one attached hydrogen (secondary N) is 1. The number of alkyl halides is 2. The van der Waals surface area contributed by atoms with Crippen LogP contribution in [0.25, 0.3) is 0 Å². The molecule has 0 radical (unpaired) electrons. The quantitative estimate of drug-likeness (QED) is 0.766. The van der Waals surface area contributed by atoms with Crippen molar-refractivity contribution in [1.29, 1.82) is 0 Å². The van der Waals surface area contributed by atoms with Crippen LogP contribution in [-0.2, 0) is 13.1 Å². The first-order valence-electron chi connectivity index (χ1n) is 7.72. The standard InChI is InChI=1S/C16H24F2N2O3/c1-11(5-4-8-21)19-9-12-6-7-13(10-20(2)3)15-14(12)22-16(17,18)23-15/h6-7,11,19,21H,4-5,8-10H2,1-3H3. The summed E-state index contributed by atoms with van der Waals surface area (Å²) in [7, 11) is 3.72. The third kappa shape index (κ3) is 4.76. The lowest BCUT2D eigenvalue weighted by molar-refractivity contribution is -0.287. The number of nitrogens with zero attached hydrogens (tertiary/aromatic N) is 1. The van der Waals surface area contributed by atoms with E-state index in [1.54, 1.807) is 12.1 Å². The van der Waals surface area contributed by atoms with Crippen LogP contribution in [0.1, 0.15) is 30.9 Å². The summed E-state index contributed by atoms with van der Waals surface area (Å²) in [5.41, 5.74) is 1.30. The molecule has 0 aliphatic carbocycles. The Kier molecular flexibility index (Phi) is 5.78. The van der Waals surface area contributed by atoms with E-state index in [1.807, 2.05) is 25.9 Å². The number of benzene rings is 1. The maximum absolute atomic E-state index is 13.5. The number of aliphatic hydroxyl groups excluding tert-OH is 1. The van der Waals surface area contributed by atoms with Crippen LogP contribution in [0.15, 0.2) is 12.1 Å². The van der Waals surface area contributed by atoms with Gasteiger partial charge in [-0.25, -0.2) is 0 Å². The molecule has 0 aromatic heterocycles. The Bertz CT molecular complexity index is 538. The number of halogens is 2. The van der Waals surface area contributed by atoms with Crippen LogP contribution in [0.3, 0.4) is 0 Å². The Balaban J connectivity index is 2.14. The van der Waals surface area contributed by atoms with Crippen molar-refractivity contribution in [2.75, 3.05) is 20.7 Å². The minimum atomic E-state index is -3.62. The van der Waals surface area contributed by atoms with E-state index in [0.717, 1.165) is 6.42 Å². The second-order valence-corrected chi connectivity index (χ2v) is 6.10. The molecule has 0 spiro atoms. The Hall–Kier alpha value is -1.44. The van der Waals surface area contributed by atoms with Crippen LogP contribution < -0.4 is 14.8 Å². The molecule has 0 bridgehead atoms. The van der Waals surface area contributed by atoms with Crippen molar-refractivity contribution < 1.29 is 23.4 Å². The maximum Gasteiger partial charge on any atom is 0.586 e. The Morgan fingerprint density at radius 1 is 1.22 bits per heavy atom. The molecule has 1 heterocycles. The van der Waals surface area contributed by atoms with Gasteiger partial charge in [-0.05, 0) is 33.9 Å². The highest BCUT2D eigenvalue weighted by Crippen LogP contribution is 2.46. The van der Waals surface area contributed by atoms with E-state index in [2.05, 4.69) is 5.32 Å². The van der Waals surface area contributed by atoms with E-state index in [0.29, 0.717) is 30.6 Å². The number of ether oxygens (including phenoxy) is 2. The molecule has 2 N–H and O–H groups in total. The topological polar surface area (TPSA) is 54.0 Å². The van der Waals surface area contributed by atoms with Gasteiger partial charge in [0.1, 0.15) is 0 Å². The molecule has 5 nitrogen and oxygen atoms in total. The molecule has 0 amide bonds. The van der Waals surface area contributed by atoms with Gasteiger partial charge in [-0.2, -0.15) is 0 Å². The lowest BCUT2D eigenvalue weighted by atomic mass is 10.1. The van der Waals surface area contributed by atoms with Gasteiger partial charge in [0.2, 0.25) is 0 Å². The average molecular weight is 330 g/mol. The summed E-state index contributed by atoms with van der Waals surface area (Å²) < 4.78 is 36.4. The van der Waals surface area contributed by atoms with Crippen LogP contribution in [-0.4, -0.2) is 43.0 Å². The second-order valence-electron chi connectivity index (χ2n) is 6.10. The van der Waals surface area contributed by atoms with Crippen LogP contribution >= 0.6 is 0 Å². The van der Waals surface area contributed by atoms with Crippen molar-refractivity contribution >= 4 is 0 Å². The molecule has 7 heteroatoms. The van der Waals surface area contributed by atoms with Crippen molar-refractivity contribution in [3.05, 3.63) is 23.3 Å². The molecule has 1 aromatic rings. The third-order valence-corrected chi connectivity index (χ3v) is 3.64. The largest absolute Gasteiger partial charge is 0.586 e. The van der Waals surface area contributed by atoms with Crippen molar-refractivity contribution in [2.45, 2.75) is 45.2 Å². The zero-order valence-corrected chi connectivity index (χ0v) is 13.7. The maximum atomic E-state index is 13.5. The zero-order chi connectivity index (χ0) is 17.0. The van der Waals surface area contributed by atoms with E-state index >= 15 is 0 Å². The van der Waals surface area contributed by atoms with Crippen molar-refractivity contribution in [3.63, 3.8) is 0 Å². The summed E-state index contributed by atoms with van der Waals surface area (Å²) in [6, 6.07) is 3.75. The summed E-state index contributed by atoms with van der Waals surface area (Å²) in [5.74, 6) is 0.224. The lowest BCUT2D eigenvalue weighted by Crippen LogP contribution is -2.27. The fraction of sp³-hybridized carbons (Fsp3) is 0.625. The van der Waals surface area contributed by atoms with Crippen molar-refractivity contribution in [1.82, 2.24) is 10.2 Å². The van der Waals surface area contributed by atoms with Gasteiger partial charge in [-0.15, -0.1) is 8.78 Å². The number of aliphatic hydroxyl groups is 1. The van der Waals surface area contributed by atoms with Crippen molar-refractivity contribution in [3.8, 4) is 11.5 Å². The first-order valence-corrected chi connectivity index (χ1v) is 7.72. The SMILES string of the molecule is CC(CCCO)NCc1ccc(CN(C)C)c2c1OC(F)(F)O2. The van der Waals surface area contributed by atoms with Crippen LogP contribution in [0, 0.1) is 0 Å². The molecular formula is C16H24F2N2O3. The molecule has 0 fully saturated rings. The second kappa shape index (κ2) is 7.42. The van der Waals surface area contributed by atoms with E-state index < -0.39 is 6.29 Å². The summed E-state index contributed by atoms with van der Waals surface area (Å²) in [4.78, 5) is 1.88. The van der Waals surface area contributed by atoms with Crippen LogP contribution in [0.4, 0.5) is 8.78 Å². The van der Waals surface area contributed by atoms with E-state index in [1.165, 1.54) is 0 Å². The average Bonchev–Trinajstić information content (AvgIpc) is 2.79. The normalized spacial score (nSPS) is 16.8. The molecule has 1 aliphatic rings. The summed E-state index contributed by atoms with van der Waals surface area (Å²) in [6.07, 6.45) is -2.11. The number of rotatable bonds is 8. The van der Waals surface area contributed by atoms with Gasteiger partial charge in [-0.1, -0.05) is 12.1 Å². The summed E-state index contributed by atoms with van der Waals surface area (Å²) >= 11 is 0. The van der Waals surface area contributed by atoms with E-state index in [9.17, 15) is 8.78 Å². The molecule has 23 heavy (non-hydrogen) atoms. The molecule has 130 valence electrons. The first kappa shape index (κ1) is 17.9. The highest BCUT2D eigenvalue weighted by atomic mass is 19.3. The minimum Gasteiger partial charge on any atom is -0.396 e. The predicted molar refractivity (Wildman–Crippen MR) is 82.7 cm³/mol. The molecule has 1 aliphatic heterocycles. The monoisotopic (exact) mass is 330 g/mol. The van der Waals surface area contributed by atoms with Gasteiger partial charge in [-0.3, -0.25) is 0 Å². The zero-order valence-electron chi connectivity index (χ0n) is 13.7. The molecular weight excluding hydrogens is 306 g/mol. The predicted octanol–water partition coefficient (Wildman–Crippen LogP) is 2.32. The molecule has 0 saturated heterocycles. The number of hydrogen-bond donors (Lipinski definition) is 2. The Morgan fingerprint density at radius 3 is 2.43 bits per heavy atom. The fourth-order valence-electron chi connectivity index (χ4n) is 2.51. The number of hydrogen-bond acceptors (Lipinski definition) is 5. The fourth-order valence-corrected chi connectivity index (χ4v) is 2.51. The van der Waals surface area contributed by atoms with Crippen LogP contribution in [0.2, 0.25) is 0 Å². The van der Waals surface area contributed by atoms with Gasteiger partial charge in [0.15, 0.2) is 11.5 Å². The molecule has 1 unspecified atom stereocenters. The third-order valence-electron chi connectivity index (χ3n) is 3.64. The summed E-state index contributed by atoms with van der Waals surface area (Å²) in [5, 5.41) is 12.1. The Morgan fingerprint density at radius 2 is 1.83 bits per heavy atom. The molecule has 1 aromatic carbocycles. The lowest BCUT2D eigenvalue weighted by Gasteiger charge is -2.16. The molecule has 0 saturated carbocycles. The molecule has 2 rings (SSSR count). The van der Waals surface area contributed by atoms with E-state index in [-0.39, 0.29) is 24.1 Å². The first-order chi connectivity index (χ1) is 10.8. The smallest absolute Gasteiger partial charge is 0.396 e. The van der Waals surface area contributed by atoms with Gasteiger partial charge >= 0.3 is 6.29 Å². The highest BCUT2D eigenvalue weighted by Gasteiger charge is 2.45. The highest BCUT2D eigenvalue weighted by molar-refractivity contribution is 5.54. The Labute approximate surface area is 135 Å². The van der Waals surface area contributed by atoms with Gasteiger partial charge < -0.3 is 24.8 Å². The summed E-state index contributed by atoms with van der Waals surface area (Å²) in [6.45, 7) is 3.02. The van der Waals surface area contributed by atoms with Gasteiger partial charge in [0.05, 0.1) is 0 Å². The van der Waals surface area contributed by atoms with E-state index in [4.69, 9.17) is 14.6 Å². The molecule has 1 atom stereocenters. The van der Waals surface area contributed by atoms with Crippen molar-refractivity contribution in [2.24, 2.45) is 0 Å². The number of fused-ring (bicyclic) bond motifs is 1. The van der Waals surface area contributed by atoms with Crippen LogP contribution in [0.5, 0.6) is 11.5 Å². The van der Waals surface area contributed by atoms with Gasteiger partial charge in [0, 0.05) is 36.9 Å².